The van der Waals surface area contributed by atoms with Gasteiger partial charge in [0.2, 0.25) is 11.8 Å². The summed E-state index contributed by atoms with van der Waals surface area (Å²) in [5, 5.41) is 5.29. The van der Waals surface area contributed by atoms with Gasteiger partial charge in [0.15, 0.2) is 6.61 Å². The summed E-state index contributed by atoms with van der Waals surface area (Å²) in [5.74, 6) is -2.46. The SMILES string of the molecule is CNC1CCN(C(=O)COc2cccc3c2C(=O)N(C2CCC(=O)NC2=O)C3=O)C1.Cl. The van der Waals surface area contributed by atoms with Crippen molar-refractivity contribution < 1.29 is 28.7 Å². The molecular formula is C20H23ClN4O6. The van der Waals surface area contributed by atoms with E-state index in [-0.39, 0.29) is 60.7 Å². The quantitative estimate of drug-likeness (QED) is 0.590. The second-order valence-electron chi connectivity index (χ2n) is 7.53. The molecule has 11 heteroatoms. The molecule has 2 N–H and O–H groups in total. The van der Waals surface area contributed by atoms with Crippen LogP contribution in [0.15, 0.2) is 18.2 Å². The van der Waals surface area contributed by atoms with Gasteiger partial charge in [0.1, 0.15) is 11.8 Å². The number of likely N-dealkylation sites (tertiary alicyclic amines) is 1. The Morgan fingerprint density at radius 3 is 2.65 bits per heavy atom. The lowest BCUT2D eigenvalue weighted by molar-refractivity contribution is -0.136. The highest BCUT2D eigenvalue weighted by atomic mass is 35.5. The van der Waals surface area contributed by atoms with Gasteiger partial charge in [-0.15, -0.1) is 12.4 Å². The summed E-state index contributed by atoms with van der Waals surface area (Å²) in [4.78, 5) is 64.4. The zero-order valence-electron chi connectivity index (χ0n) is 16.9. The van der Waals surface area contributed by atoms with Crippen molar-refractivity contribution in [1.29, 1.82) is 0 Å². The third kappa shape index (κ3) is 4.13. The highest BCUT2D eigenvalue weighted by molar-refractivity contribution is 6.24. The number of amides is 5. The minimum Gasteiger partial charge on any atom is -0.483 e. The van der Waals surface area contributed by atoms with E-state index in [9.17, 15) is 24.0 Å². The molecule has 0 aromatic heterocycles. The number of imide groups is 2. The maximum atomic E-state index is 13.0. The van der Waals surface area contributed by atoms with Crippen molar-refractivity contribution >= 4 is 41.9 Å². The van der Waals surface area contributed by atoms with Crippen LogP contribution in [0.3, 0.4) is 0 Å². The Balaban J connectivity index is 0.00000272. The number of hydrogen-bond donors (Lipinski definition) is 2. The number of nitrogens with zero attached hydrogens (tertiary/aromatic N) is 2. The molecule has 0 aliphatic carbocycles. The number of piperidine rings is 1. The van der Waals surface area contributed by atoms with E-state index in [4.69, 9.17) is 4.74 Å². The summed E-state index contributed by atoms with van der Waals surface area (Å²) in [6.07, 6.45) is 0.981. The topological polar surface area (TPSA) is 125 Å². The Morgan fingerprint density at radius 1 is 1.19 bits per heavy atom. The van der Waals surface area contributed by atoms with E-state index in [2.05, 4.69) is 10.6 Å². The maximum Gasteiger partial charge on any atom is 0.266 e. The van der Waals surface area contributed by atoms with E-state index in [1.54, 1.807) is 11.0 Å². The van der Waals surface area contributed by atoms with Gasteiger partial charge in [-0.25, -0.2) is 0 Å². The monoisotopic (exact) mass is 450 g/mol. The molecule has 0 bridgehead atoms. The van der Waals surface area contributed by atoms with Gasteiger partial charge in [-0.3, -0.25) is 34.2 Å². The number of carbonyl (C=O) groups excluding carboxylic acids is 5. The number of hydrogen-bond acceptors (Lipinski definition) is 7. The molecular weight excluding hydrogens is 428 g/mol. The zero-order chi connectivity index (χ0) is 21.4. The van der Waals surface area contributed by atoms with E-state index in [0.29, 0.717) is 13.1 Å². The van der Waals surface area contributed by atoms with Crippen LogP contribution in [-0.2, 0) is 14.4 Å². The lowest BCUT2D eigenvalue weighted by Gasteiger charge is -2.27. The number of halogens is 1. The van der Waals surface area contributed by atoms with Gasteiger partial charge < -0.3 is 15.0 Å². The van der Waals surface area contributed by atoms with E-state index in [1.165, 1.54) is 12.1 Å². The Bertz CT molecular complexity index is 952. The van der Waals surface area contributed by atoms with Gasteiger partial charge in [-0.2, -0.15) is 0 Å². The summed E-state index contributed by atoms with van der Waals surface area (Å²) >= 11 is 0. The number of ether oxygens (including phenoxy) is 1. The Morgan fingerprint density at radius 2 is 1.97 bits per heavy atom. The second-order valence-corrected chi connectivity index (χ2v) is 7.53. The minimum absolute atomic E-state index is 0. The molecule has 1 aromatic carbocycles. The van der Waals surface area contributed by atoms with Crippen molar-refractivity contribution in [3.63, 3.8) is 0 Å². The number of carbonyl (C=O) groups is 5. The van der Waals surface area contributed by atoms with Gasteiger partial charge in [-0.05, 0) is 32.0 Å². The average molecular weight is 451 g/mol. The van der Waals surface area contributed by atoms with Crippen LogP contribution in [0, 0.1) is 0 Å². The van der Waals surface area contributed by atoms with E-state index >= 15 is 0 Å². The molecule has 2 fully saturated rings. The Labute approximate surface area is 184 Å². The lowest BCUT2D eigenvalue weighted by Crippen LogP contribution is -2.54. The molecule has 2 atom stereocenters. The number of rotatable bonds is 5. The molecule has 0 radical (unpaired) electrons. The molecule has 3 aliphatic rings. The first-order valence-electron chi connectivity index (χ1n) is 9.83. The smallest absolute Gasteiger partial charge is 0.266 e. The number of benzene rings is 1. The fraction of sp³-hybridized carbons (Fsp3) is 0.450. The average Bonchev–Trinajstić information content (AvgIpc) is 3.31. The highest BCUT2D eigenvalue weighted by Crippen LogP contribution is 2.33. The van der Waals surface area contributed by atoms with Gasteiger partial charge in [0.05, 0.1) is 11.1 Å². The highest BCUT2D eigenvalue weighted by Gasteiger charge is 2.46. The molecule has 1 aromatic rings. The second kappa shape index (κ2) is 9.03. The van der Waals surface area contributed by atoms with Crippen molar-refractivity contribution in [1.82, 2.24) is 20.4 Å². The number of fused-ring (bicyclic) bond motifs is 1. The predicted octanol–water partition coefficient (Wildman–Crippen LogP) is -0.291. The lowest BCUT2D eigenvalue weighted by atomic mass is 10.0. The van der Waals surface area contributed by atoms with Crippen molar-refractivity contribution in [3.8, 4) is 5.75 Å². The molecule has 0 saturated carbocycles. The molecule has 31 heavy (non-hydrogen) atoms. The fourth-order valence-electron chi connectivity index (χ4n) is 4.06. The van der Waals surface area contributed by atoms with Gasteiger partial charge in [0.25, 0.3) is 17.7 Å². The zero-order valence-corrected chi connectivity index (χ0v) is 17.7. The fourth-order valence-corrected chi connectivity index (χ4v) is 4.06. The first-order chi connectivity index (χ1) is 14.4. The summed E-state index contributed by atoms with van der Waals surface area (Å²) < 4.78 is 5.62. The first kappa shape index (κ1) is 22.7. The van der Waals surface area contributed by atoms with Gasteiger partial charge in [0, 0.05) is 25.6 Å². The van der Waals surface area contributed by atoms with Crippen LogP contribution in [-0.4, -0.2) is 78.2 Å². The largest absolute Gasteiger partial charge is 0.483 e. The molecule has 166 valence electrons. The molecule has 2 unspecified atom stereocenters. The van der Waals surface area contributed by atoms with E-state index in [0.717, 1.165) is 11.3 Å². The molecule has 4 rings (SSSR count). The van der Waals surface area contributed by atoms with Crippen LogP contribution in [0.25, 0.3) is 0 Å². The number of likely N-dealkylation sites (N-methyl/N-ethyl adjacent to an activating group) is 1. The van der Waals surface area contributed by atoms with Crippen molar-refractivity contribution in [3.05, 3.63) is 29.3 Å². The van der Waals surface area contributed by atoms with Crippen molar-refractivity contribution in [2.45, 2.75) is 31.3 Å². The third-order valence-corrected chi connectivity index (χ3v) is 5.73. The number of nitrogens with one attached hydrogen (secondary N) is 2. The molecule has 3 heterocycles. The third-order valence-electron chi connectivity index (χ3n) is 5.73. The normalized spacial score (nSPS) is 22.9. The summed E-state index contributed by atoms with van der Waals surface area (Å²) in [6.45, 7) is 0.959. The molecule has 0 spiro atoms. The maximum absolute atomic E-state index is 13.0. The minimum atomic E-state index is -1.05. The van der Waals surface area contributed by atoms with Crippen molar-refractivity contribution in [2.75, 3.05) is 26.7 Å². The van der Waals surface area contributed by atoms with Crippen LogP contribution in [0.1, 0.15) is 40.0 Å². The molecule has 5 amide bonds. The standard InChI is InChI=1S/C20H22N4O6.ClH/c1-21-11-7-8-23(9-11)16(26)10-30-14-4-2-3-12-17(14)20(29)24(19(12)28)13-5-6-15(25)22-18(13)27;/h2-4,11,13,21H,5-10H2,1H3,(H,22,25,27);1H. The predicted molar refractivity (Wildman–Crippen MR) is 110 cm³/mol. The molecule has 2 saturated heterocycles. The Hall–Kier alpha value is -2.98. The van der Waals surface area contributed by atoms with Crippen LogP contribution in [0.2, 0.25) is 0 Å². The van der Waals surface area contributed by atoms with Crippen molar-refractivity contribution in [2.24, 2.45) is 0 Å². The summed E-state index contributed by atoms with van der Waals surface area (Å²) in [5.41, 5.74) is 0.153. The van der Waals surface area contributed by atoms with Gasteiger partial charge >= 0.3 is 0 Å². The molecule has 10 nitrogen and oxygen atoms in total. The molecule has 3 aliphatic heterocycles. The summed E-state index contributed by atoms with van der Waals surface area (Å²) in [6, 6.07) is 3.76. The van der Waals surface area contributed by atoms with Crippen LogP contribution in [0.5, 0.6) is 5.75 Å². The van der Waals surface area contributed by atoms with Crippen LogP contribution in [0.4, 0.5) is 0 Å². The first-order valence-corrected chi connectivity index (χ1v) is 9.83. The van der Waals surface area contributed by atoms with E-state index in [1.807, 2.05) is 7.05 Å². The Kier molecular flexibility index (Phi) is 6.61. The van der Waals surface area contributed by atoms with Crippen LogP contribution >= 0.6 is 12.4 Å². The van der Waals surface area contributed by atoms with Crippen LogP contribution < -0.4 is 15.4 Å². The van der Waals surface area contributed by atoms with E-state index < -0.39 is 29.7 Å². The summed E-state index contributed by atoms with van der Waals surface area (Å²) in [7, 11) is 1.85. The van der Waals surface area contributed by atoms with Gasteiger partial charge in [-0.1, -0.05) is 6.07 Å².